The fourth-order valence-electron chi connectivity index (χ4n) is 2.68. The third-order valence-corrected chi connectivity index (χ3v) is 3.57. The van der Waals surface area contributed by atoms with Gasteiger partial charge in [-0.15, -0.1) is 0 Å². The van der Waals surface area contributed by atoms with Gasteiger partial charge in [0.25, 0.3) is 5.69 Å². The van der Waals surface area contributed by atoms with Gasteiger partial charge in [0.05, 0.1) is 10.5 Å². The number of benzene rings is 1. The highest BCUT2D eigenvalue weighted by Crippen LogP contribution is 2.35. The zero-order valence-electron chi connectivity index (χ0n) is 9.34. The number of nitrogens with zero attached hydrogens (tertiary/aromatic N) is 1. The summed E-state index contributed by atoms with van der Waals surface area (Å²) < 4.78 is 0. The summed E-state index contributed by atoms with van der Waals surface area (Å²) in [5.74, 6) is 0. The van der Waals surface area contributed by atoms with Crippen molar-refractivity contribution < 1.29 is 14.8 Å². The number of nitro groups is 1. The first-order valence-corrected chi connectivity index (χ1v) is 5.53. The van der Waals surface area contributed by atoms with Crippen LogP contribution in [0.3, 0.4) is 0 Å². The van der Waals surface area contributed by atoms with Crippen LogP contribution in [-0.2, 0) is 12.8 Å². The molecular formula is C11H11N3O4. The molecule has 1 fully saturated rings. The summed E-state index contributed by atoms with van der Waals surface area (Å²) >= 11 is 0. The van der Waals surface area contributed by atoms with E-state index in [0.717, 1.165) is 11.1 Å². The molecule has 0 aromatic heterocycles. The molecule has 1 aliphatic carbocycles. The number of nitrogens with one attached hydrogen (secondary N) is 2. The minimum atomic E-state index is -0.976. The number of amides is 2. The van der Waals surface area contributed by atoms with Crippen LogP contribution in [0.15, 0.2) is 18.2 Å². The van der Waals surface area contributed by atoms with E-state index in [4.69, 9.17) is 0 Å². The van der Waals surface area contributed by atoms with Crippen LogP contribution in [-0.4, -0.2) is 27.8 Å². The summed E-state index contributed by atoms with van der Waals surface area (Å²) in [6.07, 6.45) is -0.110. The van der Waals surface area contributed by atoms with Gasteiger partial charge < -0.3 is 15.7 Å². The number of aliphatic hydroxyl groups excluding tert-OH is 1. The number of carbonyl (C=O) groups excluding carboxylic acids is 1. The van der Waals surface area contributed by atoms with Crippen molar-refractivity contribution in [2.24, 2.45) is 0 Å². The maximum absolute atomic E-state index is 11.3. The Kier molecular flexibility index (Phi) is 2.09. The first-order valence-electron chi connectivity index (χ1n) is 5.53. The van der Waals surface area contributed by atoms with Gasteiger partial charge in [-0.3, -0.25) is 10.1 Å². The predicted molar refractivity (Wildman–Crippen MR) is 60.9 cm³/mol. The normalized spacial score (nSPS) is 28.9. The molecule has 3 rings (SSSR count). The lowest BCUT2D eigenvalue weighted by molar-refractivity contribution is -0.384. The molecule has 3 N–H and O–H groups in total. The van der Waals surface area contributed by atoms with Crippen molar-refractivity contribution in [1.82, 2.24) is 10.6 Å². The maximum Gasteiger partial charge on any atom is 0.317 e. The largest absolute Gasteiger partial charge is 0.371 e. The molecule has 1 aromatic rings. The predicted octanol–water partition coefficient (Wildman–Crippen LogP) is 0.0634. The van der Waals surface area contributed by atoms with E-state index in [1.807, 2.05) is 0 Å². The van der Waals surface area contributed by atoms with Crippen LogP contribution < -0.4 is 10.6 Å². The third kappa shape index (κ3) is 1.44. The molecule has 1 saturated heterocycles. The lowest BCUT2D eigenvalue weighted by atomic mass is 9.95. The Morgan fingerprint density at radius 3 is 2.72 bits per heavy atom. The molecule has 1 aromatic carbocycles. The average Bonchev–Trinajstić information content (AvgIpc) is 2.78. The van der Waals surface area contributed by atoms with Gasteiger partial charge in [0.15, 0.2) is 6.23 Å². The second kappa shape index (κ2) is 3.42. The molecule has 2 aliphatic rings. The Labute approximate surface area is 102 Å². The molecule has 0 bridgehead atoms. The lowest BCUT2D eigenvalue weighted by Crippen LogP contribution is -2.50. The van der Waals surface area contributed by atoms with Crippen molar-refractivity contribution in [1.29, 1.82) is 0 Å². The van der Waals surface area contributed by atoms with Crippen molar-refractivity contribution in [2.45, 2.75) is 24.6 Å². The van der Waals surface area contributed by atoms with Gasteiger partial charge in [-0.1, -0.05) is 6.07 Å². The Bertz CT molecular complexity index is 559. The summed E-state index contributed by atoms with van der Waals surface area (Å²) in [5.41, 5.74) is 0.975. The highest BCUT2D eigenvalue weighted by molar-refractivity contribution is 5.78. The van der Waals surface area contributed by atoms with Gasteiger partial charge in [-0.05, 0) is 11.1 Å². The minimum absolute atomic E-state index is 0.0255. The monoisotopic (exact) mass is 249 g/mol. The SMILES string of the molecule is O=C1NC(O)C2(Cc3ccc([N+](=O)[O-])cc3C2)N1. The van der Waals surface area contributed by atoms with Gasteiger partial charge in [0.1, 0.15) is 0 Å². The average molecular weight is 249 g/mol. The molecule has 94 valence electrons. The topological polar surface area (TPSA) is 104 Å². The number of carbonyl (C=O) groups is 1. The van der Waals surface area contributed by atoms with Gasteiger partial charge in [-0.2, -0.15) is 0 Å². The zero-order valence-corrected chi connectivity index (χ0v) is 9.34. The molecular weight excluding hydrogens is 238 g/mol. The summed E-state index contributed by atoms with van der Waals surface area (Å²) in [5, 5.41) is 25.7. The standard InChI is InChI=1S/C11H11N3O4/c15-9-11(13-10(16)12-9)4-6-1-2-8(14(17)18)3-7(6)5-11/h1-3,9,15H,4-5H2,(H2,12,13,16). The minimum Gasteiger partial charge on any atom is -0.371 e. The smallest absolute Gasteiger partial charge is 0.317 e. The Hall–Kier alpha value is -2.15. The Balaban J connectivity index is 1.96. The number of fused-ring (bicyclic) bond motifs is 1. The van der Waals surface area contributed by atoms with E-state index in [9.17, 15) is 20.0 Å². The fourth-order valence-corrected chi connectivity index (χ4v) is 2.68. The van der Waals surface area contributed by atoms with Crippen LogP contribution in [0.5, 0.6) is 0 Å². The summed E-state index contributed by atoms with van der Waals surface area (Å²) in [4.78, 5) is 21.5. The van der Waals surface area contributed by atoms with Crippen molar-refractivity contribution in [3.8, 4) is 0 Å². The van der Waals surface area contributed by atoms with E-state index in [0.29, 0.717) is 12.8 Å². The molecule has 2 atom stereocenters. The Morgan fingerprint density at radius 1 is 1.39 bits per heavy atom. The van der Waals surface area contributed by atoms with Gasteiger partial charge >= 0.3 is 6.03 Å². The summed E-state index contributed by atoms with van der Waals surface area (Å²) in [6.45, 7) is 0. The molecule has 18 heavy (non-hydrogen) atoms. The number of aliphatic hydroxyl groups is 1. The van der Waals surface area contributed by atoms with Crippen LogP contribution in [0.4, 0.5) is 10.5 Å². The zero-order chi connectivity index (χ0) is 12.9. The first-order chi connectivity index (χ1) is 8.50. The maximum atomic E-state index is 11.3. The second-order valence-corrected chi connectivity index (χ2v) is 4.72. The van der Waals surface area contributed by atoms with E-state index in [1.54, 1.807) is 6.07 Å². The number of urea groups is 1. The highest BCUT2D eigenvalue weighted by atomic mass is 16.6. The highest BCUT2D eigenvalue weighted by Gasteiger charge is 2.49. The number of hydrogen-bond acceptors (Lipinski definition) is 4. The van der Waals surface area contributed by atoms with Crippen molar-refractivity contribution >= 4 is 11.7 Å². The van der Waals surface area contributed by atoms with Gasteiger partial charge in [0, 0.05) is 25.0 Å². The quantitative estimate of drug-likeness (QED) is 0.483. The number of hydrogen-bond donors (Lipinski definition) is 3. The van der Waals surface area contributed by atoms with Crippen molar-refractivity contribution in [3.63, 3.8) is 0 Å². The van der Waals surface area contributed by atoms with Crippen LogP contribution in [0, 0.1) is 10.1 Å². The molecule has 2 unspecified atom stereocenters. The second-order valence-electron chi connectivity index (χ2n) is 4.72. The molecule has 1 spiro atoms. The number of rotatable bonds is 1. The number of non-ortho nitro benzene ring substituents is 1. The first kappa shape index (κ1) is 11.0. The molecule has 2 amide bonds. The van der Waals surface area contributed by atoms with Gasteiger partial charge in [0.2, 0.25) is 0 Å². The molecule has 7 nitrogen and oxygen atoms in total. The summed E-state index contributed by atoms with van der Waals surface area (Å²) in [7, 11) is 0. The third-order valence-electron chi connectivity index (χ3n) is 3.57. The Morgan fingerprint density at radius 2 is 2.11 bits per heavy atom. The van der Waals surface area contributed by atoms with E-state index in [2.05, 4.69) is 10.6 Å². The van der Waals surface area contributed by atoms with Crippen LogP contribution >= 0.6 is 0 Å². The fraction of sp³-hybridized carbons (Fsp3) is 0.364. The molecule has 0 saturated carbocycles. The summed E-state index contributed by atoms with van der Waals surface area (Å²) in [6, 6.07) is 4.21. The van der Waals surface area contributed by atoms with Crippen LogP contribution in [0.1, 0.15) is 11.1 Å². The van der Waals surface area contributed by atoms with Crippen LogP contribution in [0.2, 0.25) is 0 Å². The number of nitro benzene ring substituents is 1. The van der Waals surface area contributed by atoms with Crippen molar-refractivity contribution in [2.75, 3.05) is 0 Å². The van der Waals surface area contributed by atoms with Crippen LogP contribution in [0.25, 0.3) is 0 Å². The molecule has 1 aliphatic heterocycles. The van der Waals surface area contributed by atoms with Gasteiger partial charge in [-0.25, -0.2) is 4.79 Å². The van der Waals surface area contributed by atoms with E-state index >= 15 is 0 Å². The van der Waals surface area contributed by atoms with E-state index < -0.39 is 22.7 Å². The molecule has 1 heterocycles. The molecule has 0 radical (unpaired) electrons. The van der Waals surface area contributed by atoms with Crippen molar-refractivity contribution in [3.05, 3.63) is 39.4 Å². The lowest BCUT2D eigenvalue weighted by Gasteiger charge is -2.25. The molecule has 7 heteroatoms. The van der Waals surface area contributed by atoms with E-state index in [1.165, 1.54) is 12.1 Å². The van der Waals surface area contributed by atoms with E-state index in [-0.39, 0.29) is 5.69 Å².